The fourth-order valence-electron chi connectivity index (χ4n) is 1.62. The molecule has 1 aromatic heterocycles. The smallest absolute Gasteiger partial charge is 0.433 e. The lowest BCUT2D eigenvalue weighted by atomic mass is 10.0. The van der Waals surface area contributed by atoms with Crippen LogP contribution in [0.25, 0.3) is 10.8 Å². The minimum absolute atomic E-state index is 0.201. The summed E-state index contributed by atoms with van der Waals surface area (Å²) in [5.41, 5.74) is -1.57. The van der Waals surface area contributed by atoms with Crippen LogP contribution in [-0.4, -0.2) is 16.1 Å². The van der Waals surface area contributed by atoms with Crippen LogP contribution in [0.4, 0.5) is 13.2 Å². The lowest BCUT2D eigenvalue weighted by Crippen LogP contribution is -2.11. The molecule has 0 atom stereocenters. The van der Waals surface area contributed by atoms with E-state index in [1.807, 2.05) is 0 Å². The summed E-state index contributed by atoms with van der Waals surface area (Å²) < 4.78 is 38.1. The van der Waals surface area contributed by atoms with E-state index in [4.69, 9.17) is 5.11 Å². The van der Waals surface area contributed by atoms with E-state index in [2.05, 4.69) is 4.98 Å². The molecule has 0 spiro atoms. The number of hydrogen-bond donors (Lipinski definition) is 1. The molecule has 2 rings (SSSR count). The number of aromatic nitrogens is 1. The van der Waals surface area contributed by atoms with Gasteiger partial charge in [0, 0.05) is 11.6 Å². The maximum atomic E-state index is 12.7. The third-order valence-electron chi connectivity index (χ3n) is 2.29. The normalized spacial score (nSPS) is 11.7. The van der Waals surface area contributed by atoms with Gasteiger partial charge >= 0.3 is 12.1 Å². The van der Waals surface area contributed by atoms with Crippen molar-refractivity contribution in [3.8, 4) is 0 Å². The molecule has 1 N–H and O–H groups in total. The Morgan fingerprint density at radius 3 is 2.53 bits per heavy atom. The standard InChI is InChI=1S/C11H6F3NO2/c12-11(13,14)9-8-6(4-5-15-9)2-1-3-7(8)10(16)17/h1-5H,(H,16,17). The van der Waals surface area contributed by atoms with Gasteiger partial charge in [0.2, 0.25) is 0 Å². The van der Waals surface area contributed by atoms with Crippen molar-refractivity contribution in [1.29, 1.82) is 0 Å². The van der Waals surface area contributed by atoms with Gasteiger partial charge in [-0.05, 0) is 17.5 Å². The highest BCUT2D eigenvalue weighted by Gasteiger charge is 2.35. The van der Waals surface area contributed by atoms with Crippen molar-refractivity contribution in [3.63, 3.8) is 0 Å². The van der Waals surface area contributed by atoms with Gasteiger partial charge in [0.25, 0.3) is 0 Å². The zero-order chi connectivity index (χ0) is 12.6. The van der Waals surface area contributed by atoms with Crippen LogP contribution in [0.2, 0.25) is 0 Å². The average molecular weight is 241 g/mol. The Labute approximate surface area is 93.5 Å². The highest BCUT2D eigenvalue weighted by Crippen LogP contribution is 2.34. The SMILES string of the molecule is O=C(O)c1cccc2ccnc(C(F)(F)F)c12. The Hall–Kier alpha value is -2.11. The van der Waals surface area contributed by atoms with Crippen LogP contribution in [-0.2, 0) is 6.18 Å². The summed E-state index contributed by atoms with van der Waals surface area (Å²) in [6.45, 7) is 0. The van der Waals surface area contributed by atoms with Gasteiger partial charge in [0.1, 0.15) is 0 Å². The van der Waals surface area contributed by atoms with E-state index in [9.17, 15) is 18.0 Å². The molecule has 0 radical (unpaired) electrons. The quantitative estimate of drug-likeness (QED) is 0.835. The number of carbonyl (C=O) groups is 1. The highest BCUT2D eigenvalue weighted by atomic mass is 19.4. The van der Waals surface area contributed by atoms with Crippen LogP contribution in [0.5, 0.6) is 0 Å². The van der Waals surface area contributed by atoms with Crippen LogP contribution in [0, 0.1) is 0 Å². The molecule has 0 aliphatic carbocycles. The van der Waals surface area contributed by atoms with Crippen molar-refractivity contribution in [2.24, 2.45) is 0 Å². The molecular formula is C11H6F3NO2. The number of pyridine rings is 1. The molecule has 88 valence electrons. The lowest BCUT2D eigenvalue weighted by molar-refractivity contribution is -0.139. The van der Waals surface area contributed by atoms with Crippen molar-refractivity contribution >= 4 is 16.7 Å². The molecular weight excluding hydrogens is 235 g/mol. The Bertz CT molecular complexity index is 588. The topological polar surface area (TPSA) is 50.2 Å². The minimum Gasteiger partial charge on any atom is -0.478 e. The van der Waals surface area contributed by atoms with E-state index < -0.39 is 23.4 Å². The first-order valence-corrected chi connectivity index (χ1v) is 4.59. The second-order valence-electron chi connectivity index (χ2n) is 3.37. The third kappa shape index (κ3) is 1.93. The van der Waals surface area contributed by atoms with Crippen LogP contribution in [0.3, 0.4) is 0 Å². The number of aromatic carboxylic acids is 1. The molecule has 17 heavy (non-hydrogen) atoms. The predicted molar refractivity (Wildman–Crippen MR) is 53.7 cm³/mol. The van der Waals surface area contributed by atoms with E-state index in [1.54, 1.807) is 0 Å². The maximum Gasteiger partial charge on any atom is 0.433 e. The van der Waals surface area contributed by atoms with Crippen molar-refractivity contribution in [2.45, 2.75) is 6.18 Å². The number of carboxylic acid groups (broad SMARTS) is 1. The molecule has 1 heterocycles. The fourth-order valence-corrected chi connectivity index (χ4v) is 1.62. The summed E-state index contributed by atoms with van der Waals surface area (Å²) in [6.07, 6.45) is -3.66. The van der Waals surface area contributed by atoms with Gasteiger partial charge in [-0.2, -0.15) is 13.2 Å². The second-order valence-corrected chi connectivity index (χ2v) is 3.37. The minimum atomic E-state index is -4.68. The average Bonchev–Trinajstić information content (AvgIpc) is 2.26. The first-order chi connectivity index (χ1) is 7.91. The molecule has 0 saturated carbocycles. The van der Waals surface area contributed by atoms with Crippen molar-refractivity contribution < 1.29 is 23.1 Å². The van der Waals surface area contributed by atoms with Crippen molar-refractivity contribution in [2.75, 3.05) is 0 Å². The second kappa shape index (κ2) is 3.73. The number of halogens is 3. The van der Waals surface area contributed by atoms with E-state index >= 15 is 0 Å². The molecule has 3 nitrogen and oxygen atoms in total. The Kier molecular flexibility index (Phi) is 2.49. The zero-order valence-corrected chi connectivity index (χ0v) is 8.32. The Balaban J connectivity index is 2.90. The molecule has 0 aliphatic rings. The third-order valence-corrected chi connectivity index (χ3v) is 2.29. The zero-order valence-electron chi connectivity index (χ0n) is 8.32. The molecule has 0 fully saturated rings. The number of fused-ring (bicyclic) bond motifs is 1. The highest BCUT2D eigenvalue weighted by molar-refractivity contribution is 6.04. The molecule has 0 unspecified atom stereocenters. The van der Waals surface area contributed by atoms with Gasteiger partial charge in [-0.3, -0.25) is 4.98 Å². The molecule has 2 aromatic rings. The van der Waals surface area contributed by atoms with E-state index in [-0.39, 0.29) is 10.8 Å². The van der Waals surface area contributed by atoms with Gasteiger partial charge in [0.15, 0.2) is 5.69 Å². The van der Waals surface area contributed by atoms with Crippen LogP contribution in [0.15, 0.2) is 30.5 Å². The summed E-state index contributed by atoms with van der Waals surface area (Å²) in [4.78, 5) is 14.1. The number of nitrogens with zero attached hydrogens (tertiary/aromatic N) is 1. The van der Waals surface area contributed by atoms with E-state index in [0.717, 1.165) is 12.3 Å². The summed E-state index contributed by atoms with van der Waals surface area (Å²) in [7, 11) is 0. The molecule has 0 amide bonds. The number of benzene rings is 1. The number of hydrogen-bond acceptors (Lipinski definition) is 2. The summed E-state index contributed by atoms with van der Waals surface area (Å²) in [5, 5.41) is 8.70. The number of alkyl halides is 3. The molecule has 0 aliphatic heterocycles. The lowest BCUT2D eigenvalue weighted by Gasteiger charge is -2.10. The number of rotatable bonds is 1. The number of carboxylic acids is 1. The molecule has 1 aromatic carbocycles. The van der Waals surface area contributed by atoms with Crippen LogP contribution in [0.1, 0.15) is 16.1 Å². The molecule has 6 heteroatoms. The van der Waals surface area contributed by atoms with Gasteiger partial charge in [-0.15, -0.1) is 0 Å². The van der Waals surface area contributed by atoms with E-state index in [1.165, 1.54) is 18.2 Å². The van der Waals surface area contributed by atoms with Crippen LogP contribution < -0.4 is 0 Å². The monoisotopic (exact) mass is 241 g/mol. The van der Waals surface area contributed by atoms with Crippen LogP contribution >= 0.6 is 0 Å². The van der Waals surface area contributed by atoms with E-state index in [0.29, 0.717) is 0 Å². The van der Waals surface area contributed by atoms with Crippen molar-refractivity contribution in [3.05, 3.63) is 41.7 Å². The summed E-state index contributed by atoms with van der Waals surface area (Å²) >= 11 is 0. The van der Waals surface area contributed by atoms with Gasteiger partial charge in [-0.1, -0.05) is 12.1 Å². The maximum absolute atomic E-state index is 12.7. The fraction of sp³-hybridized carbons (Fsp3) is 0.0909. The van der Waals surface area contributed by atoms with Gasteiger partial charge in [-0.25, -0.2) is 4.79 Å². The summed E-state index contributed by atoms with van der Waals surface area (Å²) in [6, 6.07) is 5.28. The molecule has 0 bridgehead atoms. The van der Waals surface area contributed by atoms with Gasteiger partial charge < -0.3 is 5.11 Å². The molecule has 0 saturated heterocycles. The van der Waals surface area contributed by atoms with Gasteiger partial charge in [0.05, 0.1) is 5.56 Å². The first-order valence-electron chi connectivity index (χ1n) is 4.59. The summed E-state index contributed by atoms with van der Waals surface area (Å²) in [5.74, 6) is -1.41. The Morgan fingerprint density at radius 1 is 1.24 bits per heavy atom. The largest absolute Gasteiger partial charge is 0.478 e. The van der Waals surface area contributed by atoms with Crippen molar-refractivity contribution in [1.82, 2.24) is 4.98 Å². The Morgan fingerprint density at radius 2 is 1.94 bits per heavy atom. The first kappa shape index (κ1) is 11.4. The predicted octanol–water partition coefficient (Wildman–Crippen LogP) is 2.95.